The highest BCUT2D eigenvalue weighted by Crippen LogP contribution is 2.24. The number of H-pyrrole nitrogens is 1. The van der Waals surface area contributed by atoms with Gasteiger partial charge < -0.3 is 14.8 Å². The molecule has 2 aromatic rings. The summed E-state index contributed by atoms with van der Waals surface area (Å²) in [6.45, 7) is 2.70. The van der Waals surface area contributed by atoms with Crippen LogP contribution < -0.4 is 5.32 Å². The molecule has 21 heavy (non-hydrogen) atoms. The van der Waals surface area contributed by atoms with E-state index in [1.54, 1.807) is 13.4 Å². The average molecular weight is 289 g/mol. The average Bonchev–Trinajstić information content (AvgIpc) is 3.18. The Morgan fingerprint density at radius 3 is 3.19 bits per heavy atom. The lowest BCUT2D eigenvalue weighted by Crippen LogP contribution is -2.06. The molecule has 0 spiro atoms. The summed E-state index contributed by atoms with van der Waals surface area (Å²) in [5.74, 6) is 1.20. The van der Waals surface area contributed by atoms with Crippen molar-refractivity contribution < 1.29 is 9.47 Å². The fourth-order valence-corrected chi connectivity index (χ4v) is 2.37. The highest BCUT2D eigenvalue weighted by atomic mass is 16.5. The van der Waals surface area contributed by atoms with E-state index in [9.17, 15) is 0 Å². The minimum atomic E-state index is 0.383. The van der Waals surface area contributed by atoms with Gasteiger partial charge in [0.1, 0.15) is 12.1 Å². The van der Waals surface area contributed by atoms with Gasteiger partial charge in [-0.05, 0) is 12.5 Å². The molecule has 3 heterocycles. The normalized spacial score (nSPS) is 18.0. The van der Waals surface area contributed by atoms with Crippen molar-refractivity contribution >= 4 is 5.82 Å². The van der Waals surface area contributed by atoms with Gasteiger partial charge in [-0.1, -0.05) is 0 Å². The predicted molar refractivity (Wildman–Crippen MR) is 76.8 cm³/mol. The Hall–Kier alpha value is -1.99. The van der Waals surface area contributed by atoms with E-state index in [4.69, 9.17) is 9.47 Å². The summed E-state index contributed by atoms with van der Waals surface area (Å²) in [6.07, 6.45) is 2.62. The molecule has 7 heteroatoms. The summed E-state index contributed by atoms with van der Waals surface area (Å²) in [5.41, 5.74) is 2.92. The molecule has 2 aromatic heterocycles. The molecule has 3 rings (SSSR count). The van der Waals surface area contributed by atoms with Crippen molar-refractivity contribution in [1.82, 2.24) is 20.2 Å². The zero-order chi connectivity index (χ0) is 14.5. The quantitative estimate of drug-likeness (QED) is 0.837. The number of ether oxygens (including phenoxy) is 2. The van der Waals surface area contributed by atoms with Crippen LogP contribution in [0.2, 0.25) is 0 Å². The molecule has 0 bridgehead atoms. The zero-order valence-corrected chi connectivity index (χ0v) is 12.0. The first-order chi connectivity index (χ1) is 10.3. The second-order valence-corrected chi connectivity index (χ2v) is 5.06. The number of aromatic nitrogens is 4. The minimum Gasteiger partial charge on any atom is -0.381 e. The van der Waals surface area contributed by atoms with Crippen LogP contribution in [0.25, 0.3) is 0 Å². The largest absolute Gasteiger partial charge is 0.381 e. The Bertz CT molecular complexity index is 580. The maximum Gasteiger partial charge on any atom is 0.129 e. The molecule has 0 aromatic carbocycles. The van der Waals surface area contributed by atoms with Gasteiger partial charge in [0.25, 0.3) is 0 Å². The summed E-state index contributed by atoms with van der Waals surface area (Å²) in [6, 6.07) is 3.97. The van der Waals surface area contributed by atoms with Crippen LogP contribution in [-0.4, -0.2) is 40.5 Å². The molecule has 112 valence electrons. The molecule has 2 N–H and O–H groups in total. The maximum absolute atomic E-state index is 5.40. The smallest absolute Gasteiger partial charge is 0.129 e. The summed E-state index contributed by atoms with van der Waals surface area (Å²) in [7, 11) is 1.65. The lowest BCUT2D eigenvalue weighted by Gasteiger charge is -2.09. The maximum atomic E-state index is 5.40. The van der Waals surface area contributed by atoms with Crippen LogP contribution in [-0.2, 0) is 22.6 Å². The van der Waals surface area contributed by atoms with Gasteiger partial charge in [-0.2, -0.15) is 5.10 Å². The van der Waals surface area contributed by atoms with Crippen molar-refractivity contribution in [2.24, 2.45) is 0 Å². The molecule has 0 saturated carbocycles. The Morgan fingerprint density at radius 2 is 2.38 bits per heavy atom. The molecular weight excluding hydrogens is 270 g/mol. The van der Waals surface area contributed by atoms with E-state index in [2.05, 4.69) is 25.5 Å². The number of nitrogens with one attached hydrogen (secondary N) is 2. The molecule has 1 aliphatic heterocycles. The Kier molecular flexibility index (Phi) is 4.42. The van der Waals surface area contributed by atoms with Crippen molar-refractivity contribution in [1.29, 1.82) is 0 Å². The van der Waals surface area contributed by atoms with E-state index in [1.807, 2.05) is 12.1 Å². The van der Waals surface area contributed by atoms with E-state index in [1.165, 1.54) is 0 Å². The molecule has 1 saturated heterocycles. The first-order valence-corrected chi connectivity index (χ1v) is 7.01. The molecule has 1 fully saturated rings. The van der Waals surface area contributed by atoms with Gasteiger partial charge in [0.15, 0.2) is 0 Å². The van der Waals surface area contributed by atoms with Gasteiger partial charge in [-0.3, -0.25) is 5.10 Å². The Balaban J connectivity index is 1.60. The Morgan fingerprint density at radius 1 is 1.43 bits per heavy atom. The Labute approximate surface area is 123 Å². The van der Waals surface area contributed by atoms with Gasteiger partial charge >= 0.3 is 0 Å². The number of rotatable bonds is 6. The van der Waals surface area contributed by atoms with Crippen LogP contribution >= 0.6 is 0 Å². The third kappa shape index (κ3) is 3.56. The fraction of sp³-hybridized carbons (Fsp3) is 0.500. The summed E-state index contributed by atoms with van der Waals surface area (Å²) in [4.78, 5) is 8.58. The van der Waals surface area contributed by atoms with E-state index in [0.29, 0.717) is 19.1 Å². The molecule has 7 nitrogen and oxygen atoms in total. The minimum absolute atomic E-state index is 0.383. The number of nitrogens with zero attached hydrogens (tertiary/aromatic N) is 3. The van der Waals surface area contributed by atoms with Gasteiger partial charge in [-0.15, -0.1) is 0 Å². The SMILES string of the molecule is COCc1cc(CNc2cc([C@@H]3CCOC3)ncn2)[nH]n1. The lowest BCUT2D eigenvalue weighted by atomic mass is 10.1. The van der Waals surface area contributed by atoms with Crippen LogP contribution in [0.15, 0.2) is 18.5 Å². The summed E-state index contributed by atoms with van der Waals surface area (Å²) < 4.78 is 10.4. The van der Waals surface area contributed by atoms with E-state index in [-0.39, 0.29) is 0 Å². The van der Waals surface area contributed by atoms with Crippen molar-refractivity contribution in [3.05, 3.63) is 35.5 Å². The highest BCUT2D eigenvalue weighted by molar-refractivity contribution is 5.36. The van der Waals surface area contributed by atoms with Crippen molar-refractivity contribution in [3.63, 3.8) is 0 Å². The fourth-order valence-electron chi connectivity index (χ4n) is 2.37. The standard InChI is InChI=1S/C14H19N5O2/c1-20-8-12-4-11(18-19-12)6-15-14-5-13(16-9-17-14)10-2-3-21-7-10/h4-5,9-10H,2-3,6-8H2,1H3,(H,18,19)(H,15,16,17)/t10-/m1/s1. The number of hydrogen-bond acceptors (Lipinski definition) is 6. The van der Waals surface area contributed by atoms with Crippen molar-refractivity contribution in [2.45, 2.75) is 25.5 Å². The van der Waals surface area contributed by atoms with Gasteiger partial charge in [0.05, 0.1) is 36.8 Å². The number of aromatic amines is 1. The van der Waals surface area contributed by atoms with E-state index in [0.717, 1.165) is 42.5 Å². The molecular formula is C14H19N5O2. The predicted octanol–water partition coefficient (Wildman–Crippen LogP) is 1.46. The van der Waals surface area contributed by atoms with Crippen LogP contribution in [0.1, 0.15) is 29.4 Å². The third-order valence-corrected chi connectivity index (χ3v) is 3.47. The number of methoxy groups -OCH3 is 1. The van der Waals surface area contributed by atoms with Crippen LogP contribution in [0, 0.1) is 0 Å². The monoisotopic (exact) mass is 289 g/mol. The zero-order valence-electron chi connectivity index (χ0n) is 12.0. The highest BCUT2D eigenvalue weighted by Gasteiger charge is 2.19. The topological polar surface area (TPSA) is 85.0 Å². The molecule has 0 aliphatic carbocycles. The molecule has 0 radical (unpaired) electrons. The first-order valence-electron chi connectivity index (χ1n) is 7.01. The first kappa shape index (κ1) is 14.0. The summed E-state index contributed by atoms with van der Waals surface area (Å²) in [5, 5.41) is 10.4. The van der Waals surface area contributed by atoms with Crippen LogP contribution in [0.5, 0.6) is 0 Å². The molecule has 1 aliphatic rings. The van der Waals surface area contributed by atoms with Gasteiger partial charge in [-0.25, -0.2) is 9.97 Å². The number of hydrogen-bond donors (Lipinski definition) is 2. The van der Waals surface area contributed by atoms with Gasteiger partial charge in [0, 0.05) is 25.7 Å². The molecule has 1 atom stereocenters. The van der Waals surface area contributed by atoms with Gasteiger partial charge in [0.2, 0.25) is 0 Å². The summed E-state index contributed by atoms with van der Waals surface area (Å²) >= 11 is 0. The van der Waals surface area contributed by atoms with Crippen LogP contribution in [0.4, 0.5) is 5.82 Å². The lowest BCUT2D eigenvalue weighted by molar-refractivity contribution is 0.181. The number of anilines is 1. The van der Waals surface area contributed by atoms with Crippen LogP contribution in [0.3, 0.4) is 0 Å². The third-order valence-electron chi connectivity index (χ3n) is 3.47. The second-order valence-electron chi connectivity index (χ2n) is 5.06. The van der Waals surface area contributed by atoms with E-state index < -0.39 is 0 Å². The molecule has 0 amide bonds. The van der Waals surface area contributed by atoms with Crippen molar-refractivity contribution in [3.8, 4) is 0 Å². The van der Waals surface area contributed by atoms with E-state index >= 15 is 0 Å². The van der Waals surface area contributed by atoms with Crippen molar-refractivity contribution in [2.75, 3.05) is 25.6 Å². The molecule has 0 unspecified atom stereocenters. The second kappa shape index (κ2) is 6.64.